The van der Waals surface area contributed by atoms with Crippen LogP contribution in [-0.2, 0) is 7.05 Å². The molecule has 0 aliphatic carbocycles. The van der Waals surface area contributed by atoms with Crippen LogP contribution in [0.4, 0.5) is 16.5 Å². The van der Waals surface area contributed by atoms with Gasteiger partial charge < -0.3 is 4.90 Å². The van der Waals surface area contributed by atoms with Crippen molar-refractivity contribution < 1.29 is 4.57 Å². The van der Waals surface area contributed by atoms with Crippen molar-refractivity contribution in [2.75, 3.05) is 18.5 Å². The summed E-state index contributed by atoms with van der Waals surface area (Å²) in [4.78, 5) is 2.18. The third kappa shape index (κ3) is 3.17. The van der Waals surface area contributed by atoms with Gasteiger partial charge in [-0.05, 0) is 54.6 Å². The molecule has 100 valence electrons. The topological polar surface area (TPSA) is 31.8 Å². The summed E-state index contributed by atoms with van der Waals surface area (Å²) < 4.78 is 2.04. The van der Waals surface area contributed by atoms with Crippen LogP contribution in [-0.4, -0.2) is 13.6 Å². The van der Waals surface area contributed by atoms with Gasteiger partial charge >= 0.3 is 5.13 Å². The van der Waals surface area contributed by atoms with Crippen LogP contribution in [0.5, 0.6) is 0 Å². The van der Waals surface area contributed by atoms with Gasteiger partial charge in [-0.2, -0.15) is 0 Å². The predicted molar refractivity (Wildman–Crippen MR) is 79.8 cm³/mol. The molecule has 5 heteroatoms. The normalized spacial score (nSPS) is 11.2. The lowest BCUT2D eigenvalue weighted by Gasteiger charge is -2.15. The number of hydrogen-bond acceptors (Lipinski definition) is 4. The highest BCUT2D eigenvalue weighted by Crippen LogP contribution is 2.22. The van der Waals surface area contributed by atoms with Crippen LogP contribution in [0, 0.1) is 6.92 Å². The van der Waals surface area contributed by atoms with Crippen LogP contribution >= 0.6 is 11.3 Å². The molecule has 4 nitrogen and oxygen atoms in total. The smallest absolute Gasteiger partial charge is 0.375 e. The minimum absolute atomic E-state index is 0.874. The molecular formula is C14H19N4S+. The van der Waals surface area contributed by atoms with Crippen LogP contribution in [0.25, 0.3) is 0 Å². The summed E-state index contributed by atoms with van der Waals surface area (Å²) in [6.07, 6.45) is 0. The first-order chi connectivity index (χ1) is 9.11. The Morgan fingerprint density at radius 2 is 1.89 bits per heavy atom. The van der Waals surface area contributed by atoms with Crippen LogP contribution in [0.2, 0.25) is 0 Å². The number of anilines is 1. The molecule has 2 aromatic rings. The van der Waals surface area contributed by atoms with Crippen molar-refractivity contribution >= 4 is 27.8 Å². The zero-order valence-electron chi connectivity index (χ0n) is 11.8. The van der Waals surface area contributed by atoms with Crippen molar-refractivity contribution in [3.8, 4) is 0 Å². The van der Waals surface area contributed by atoms with E-state index in [0.29, 0.717) is 0 Å². The van der Waals surface area contributed by atoms with Gasteiger partial charge in [-0.3, -0.25) is 0 Å². The highest BCUT2D eigenvalue weighted by atomic mass is 32.1. The Labute approximate surface area is 118 Å². The first-order valence-electron chi connectivity index (χ1n) is 6.29. The molecule has 0 aliphatic rings. The fourth-order valence-corrected chi connectivity index (χ4v) is 2.42. The third-order valence-corrected chi connectivity index (χ3v) is 4.19. The molecule has 0 N–H and O–H groups in total. The second kappa shape index (κ2) is 5.93. The van der Waals surface area contributed by atoms with Gasteiger partial charge in [0, 0.05) is 24.7 Å². The van der Waals surface area contributed by atoms with E-state index in [1.165, 1.54) is 11.4 Å². The summed E-state index contributed by atoms with van der Waals surface area (Å²) in [7, 11) is 4.07. The molecule has 0 aliphatic heterocycles. The van der Waals surface area contributed by atoms with Gasteiger partial charge in [-0.1, -0.05) is 0 Å². The van der Waals surface area contributed by atoms with Crippen molar-refractivity contribution in [3.63, 3.8) is 0 Å². The van der Waals surface area contributed by atoms with Crippen LogP contribution in [0.1, 0.15) is 12.6 Å². The van der Waals surface area contributed by atoms with Gasteiger partial charge in [-0.25, -0.2) is 4.57 Å². The third-order valence-electron chi connectivity index (χ3n) is 3.17. The molecule has 0 amide bonds. The van der Waals surface area contributed by atoms with Crippen LogP contribution < -0.4 is 9.47 Å². The zero-order chi connectivity index (χ0) is 13.8. The molecule has 19 heavy (non-hydrogen) atoms. The van der Waals surface area contributed by atoms with E-state index in [0.717, 1.165) is 17.4 Å². The largest absolute Gasteiger partial charge is 0.408 e. The first kappa shape index (κ1) is 13.7. The standard InChI is InChI=1S/C14H19N4S/c1-5-17(3)13-8-6-12(7-9-13)15-16-14-18(4)11(2)10-19-14/h6-10H,5H2,1-4H3/q+1. The first-order valence-corrected chi connectivity index (χ1v) is 7.17. The van der Waals surface area contributed by atoms with E-state index >= 15 is 0 Å². The van der Waals surface area contributed by atoms with E-state index in [9.17, 15) is 0 Å². The van der Waals surface area contributed by atoms with Gasteiger partial charge in [-0.15, -0.1) is 0 Å². The fourth-order valence-electron chi connectivity index (χ4n) is 1.59. The van der Waals surface area contributed by atoms with Crippen molar-refractivity contribution in [2.45, 2.75) is 13.8 Å². The summed E-state index contributed by atoms with van der Waals surface area (Å²) in [5.41, 5.74) is 3.26. The Morgan fingerprint density at radius 1 is 1.21 bits per heavy atom. The Balaban J connectivity index is 2.13. The Kier molecular flexibility index (Phi) is 4.27. The van der Waals surface area contributed by atoms with Gasteiger partial charge in [0.2, 0.25) is 0 Å². The summed E-state index contributed by atoms with van der Waals surface area (Å²) in [6.45, 7) is 5.18. The lowest BCUT2D eigenvalue weighted by molar-refractivity contribution is -0.660. The number of aromatic nitrogens is 1. The second-order valence-electron chi connectivity index (χ2n) is 4.45. The molecule has 0 fully saturated rings. The Bertz CT molecular complexity index is 572. The number of benzene rings is 1. The molecule has 2 rings (SSSR count). The van der Waals surface area contributed by atoms with Gasteiger partial charge in [0.05, 0.1) is 12.2 Å². The minimum Gasteiger partial charge on any atom is -0.375 e. The number of aryl methyl sites for hydroxylation is 1. The number of rotatable bonds is 4. The fraction of sp³-hybridized carbons (Fsp3) is 0.357. The second-order valence-corrected chi connectivity index (χ2v) is 5.29. The highest BCUT2D eigenvalue weighted by molar-refractivity contribution is 7.12. The van der Waals surface area contributed by atoms with Crippen LogP contribution in [0.15, 0.2) is 39.9 Å². The summed E-state index contributed by atoms with van der Waals surface area (Å²) in [5.74, 6) is 0. The molecule has 0 atom stereocenters. The average molecular weight is 275 g/mol. The molecule has 1 aromatic carbocycles. The van der Waals surface area contributed by atoms with Crippen molar-refractivity contribution in [1.82, 2.24) is 0 Å². The SMILES string of the molecule is CCN(C)c1ccc(N=Nc2scc(C)[n+]2C)cc1. The summed E-state index contributed by atoms with van der Waals surface area (Å²) >= 11 is 1.60. The van der Waals surface area contributed by atoms with E-state index in [1.807, 2.05) is 23.7 Å². The molecular weight excluding hydrogens is 256 g/mol. The number of hydrogen-bond donors (Lipinski definition) is 0. The molecule has 0 saturated heterocycles. The number of nitrogens with zero attached hydrogens (tertiary/aromatic N) is 4. The van der Waals surface area contributed by atoms with E-state index in [4.69, 9.17) is 0 Å². The maximum absolute atomic E-state index is 4.28. The zero-order valence-corrected chi connectivity index (χ0v) is 12.6. The van der Waals surface area contributed by atoms with E-state index in [-0.39, 0.29) is 0 Å². The monoisotopic (exact) mass is 275 g/mol. The van der Waals surface area contributed by atoms with E-state index < -0.39 is 0 Å². The molecule has 1 heterocycles. The van der Waals surface area contributed by atoms with Gasteiger partial charge in [0.15, 0.2) is 0 Å². The van der Waals surface area contributed by atoms with Gasteiger partial charge in [0.1, 0.15) is 11.4 Å². The molecule has 0 spiro atoms. The van der Waals surface area contributed by atoms with Crippen molar-refractivity contribution in [2.24, 2.45) is 17.3 Å². The summed E-state index contributed by atoms with van der Waals surface area (Å²) in [6, 6.07) is 8.12. The van der Waals surface area contributed by atoms with Gasteiger partial charge in [0.25, 0.3) is 0 Å². The summed E-state index contributed by atoms with van der Waals surface area (Å²) in [5, 5.41) is 11.5. The Hall–Kier alpha value is -1.75. The average Bonchev–Trinajstić information content (AvgIpc) is 2.76. The molecule has 0 saturated carbocycles. The number of thiazole rings is 1. The van der Waals surface area contributed by atoms with Crippen molar-refractivity contribution in [3.05, 3.63) is 35.3 Å². The van der Waals surface area contributed by atoms with Crippen LogP contribution in [0.3, 0.4) is 0 Å². The molecule has 1 aromatic heterocycles. The maximum Gasteiger partial charge on any atom is 0.408 e. The van der Waals surface area contributed by atoms with E-state index in [1.54, 1.807) is 11.3 Å². The molecule has 0 bridgehead atoms. The molecule has 0 radical (unpaired) electrons. The molecule has 0 unspecified atom stereocenters. The lowest BCUT2D eigenvalue weighted by Crippen LogP contribution is -2.28. The maximum atomic E-state index is 4.28. The Morgan fingerprint density at radius 3 is 2.42 bits per heavy atom. The predicted octanol–water partition coefficient (Wildman–Crippen LogP) is 3.75. The number of azo groups is 1. The quantitative estimate of drug-likeness (QED) is 0.617. The highest BCUT2D eigenvalue weighted by Gasteiger charge is 2.11. The lowest BCUT2D eigenvalue weighted by atomic mass is 10.2. The minimum atomic E-state index is 0.874. The van der Waals surface area contributed by atoms with Crippen molar-refractivity contribution in [1.29, 1.82) is 0 Å². The van der Waals surface area contributed by atoms with E-state index in [2.05, 4.69) is 53.5 Å².